The fraction of sp³-hybridized carbons (Fsp3) is 0.810. The second-order valence-electron chi connectivity index (χ2n) is 10.5. The molecule has 0 aromatic heterocycles. The van der Waals surface area contributed by atoms with Crippen LogP contribution in [0.3, 0.4) is 0 Å². The molecule has 1 aliphatic rings. The molecule has 1 aliphatic heterocycles. The molecule has 0 aliphatic carbocycles. The molecule has 1 heterocycles. The van der Waals surface area contributed by atoms with Gasteiger partial charge in [-0.2, -0.15) is 0 Å². The largest absolute Gasteiger partial charge is 0.408 e. The molecule has 1 rings (SSSR count). The van der Waals surface area contributed by atoms with E-state index >= 15 is 0 Å². The number of hydrogen-bond acceptors (Lipinski definition) is 3. The van der Waals surface area contributed by atoms with Gasteiger partial charge in [0, 0.05) is 0 Å². The van der Waals surface area contributed by atoms with Gasteiger partial charge in [-0.05, 0) is 42.7 Å². The van der Waals surface area contributed by atoms with Crippen LogP contribution in [0.4, 0.5) is 0 Å². The van der Waals surface area contributed by atoms with Crippen LogP contribution in [0.2, 0.25) is 36.3 Å². The third kappa shape index (κ3) is 5.89. The van der Waals surface area contributed by atoms with Crippen LogP contribution >= 0.6 is 0 Å². The monoisotopic (exact) mass is 398 g/mol. The molecule has 0 unspecified atom stereocenters. The van der Waals surface area contributed by atoms with Crippen molar-refractivity contribution in [1.29, 1.82) is 0 Å². The standard InChI is InChI=1S/C21H42O3Si2/c1-12-17(23-25(8,9)20(2,3)4)19(18-15-13-14-16-22-18)24-26(10,11)21(5,6)7/h12-13,15,17-19H,1,14,16H2,2-11H3/t17-,18-,19-/m1/s1. The summed E-state index contributed by atoms with van der Waals surface area (Å²) >= 11 is 0. The van der Waals surface area contributed by atoms with Crippen molar-refractivity contribution >= 4 is 16.6 Å². The molecule has 3 nitrogen and oxygen atoms in total. The second-order valence-corrected chi connectivity index (χ2v) is 20.0. The van der Waals surface area contributed by atoms with Crippen LogP contribution < -0.4 is 0 Å². The van der Waals surface area contributed by atoms with E-state index in [0.29, 0.717) is 0 Å². The molecule has 0 spiro atoms. The highest BCUT2D eigenvalue weighted by atomic mass is 28.4. The van der Waals surface area contributed by atoms with Crippen LogP contribution in [0.1, 0.15) is 48.0 Å². The van der Waals surface area contributed by atoms with Gasteiger partial charge in [0.05, 0.1) is 12.7 Å². The first-order valence-electron chi connectivity index (χ1n) is 9.89. The van der Waals surface area contributed by atoms with Gasteiger partial charge in [-0.3, -0.25) is 0 Å². The van der Waals surface area contributed by atoms with Crippen LogP contribution in [-0.4, -0.2) is 41.6 Å². The summed E-state index contributed by atoms with van der Waals surface area (Å²) in [5, 5.41) is 0.269. The molecule has 3 atom stereocenters. The van der Waals surface area contributed by atoms with E-state index in [1.807, 2.05) is 6.08 Å². The van der Waals surface area contributed by atoms with Gasteiger partial charge in [0.25, 0.3) is 0 Å². The van der Waals surface area contributed by atoms with Crippen molar-refractivity contribution in [1.82, 2.24) is 0 Å². The van der Waals surface area contributed by atoms with Crippen LogP contribution in [-0.2, 0) is 13.6 Å². The van der Waals surface area contributed by atoms with Gasteiger partial charge in [-0.15, -0.1) is 6.58 Å². The maximum absolute atomic E-state index is 6.84. The van der Waals surface area contributed by atoms with E-state index in [1.54, 1.807) is 0 Å². The molecular weight excluding hydrogens is 356 g/mol. The second kappa shape index (κ2) is 8.43. The predicted octanol–water partition coefficient (Wildman–Crippen LogP) is 6.30. The Hall–Kier alpha value is -0.206. The van der Waals surface area contributed by atoms with Gasteiger partial charge >= 0.3 is 0 Å². The van der Waals surface area contributed by atoms with Gasteiger partial charge in [0.1, 0.15) is 12.2 Å². The maximum atomic E-state index is 6.84. The lowest BCUT2D eigenvalue weighted by molar-refractivity contribution is -0.0475. The first-order valence-corrected chi connectivity index (χ1v) is 15.7. The van der Waals surface area contributed by atoms with Crippen molar-refractivity contribution in [2.24, 2.45) is 0 Å². The van der Waals surface area contributed by atoms with Gasteiger partial charge in [-0.25, -0.2) is 0 Å². The maximum Gasteiger partial charge on any atom is 0.193 e. The third-order valence-electron chi connectivity index (χ3n) is 6.27. The molecular formula is C21H42O3Si2. The molecule has 0 amide bonds. The zero-order valence-electron chi connectivity index (χ0n) is 18.8. The summed E-state index contributed by atoms with van der Waals surface area (Å²) in [4.78, 5) is 0. The van der Waals surface area contributed by atoms with E-state index in [9.17, 15) is 0 Å². The quantitative estimate of drug-likeness (QED) is 0.372. The van der Waals surface area contributed by atoms with Crippen molar-refractivity contribution in [3.8, 4) is 0 Å². The summed E-state index contributed by atoms with van der Waals surface area (Å²) in [6.45, 7) is 27.6. The minimum Gasteiger partial charge on any atom is -0.408 e. The fourth-order valence-corrected chi connectivity index (χ4v) is 4.93. The molecule has 0 saturated carbocycles. The van der Waals surface area contributed by atoms with Crippen molar-refractivity contribution in [3.05, 3.63) is 24.8 Å². The van der Waals surface area contributed by atoms with E-state index in [0.717, 1.165) is 13.0 Å². The molecule has 0 N–H and O–H groups in total. The topological polar surface area (TPSA) is 27.7 Å². The first kappa shape index (κ1) is 23.8. The van der Waals surface area contributed by atoms with E-state index in [1.165, 1.54) is 0 Å². The molecule has 26 heavy (non-hydrogen) atoms. The Bertz CT molecular complexity index is 498. The molecule has 5 heteroatoms. The fourth-order valence-electron chi connectivity index (χ4n) is 2.37. The Labute approximate surface area is 164 Å². The average molecular weight is 399 g/mol. The summed E-state index contributed by atoms with van der Waals surface area (Å²) in [7, 11) is -3.93. The van der Waals surface area contributed by atoms with Gasteiger partial charge < -0.3 is 13.6 Å². The van der Waals surface area contributed by atoms with Crippen LogP contribution in [0.5, 0.6) is 0 Å². The highest BCUT2D eigenvalue weighted by Gasteiger charge is 2.46. The van der Waals surface area contributed by atoms with Crippen molar-refractivity contribution in [2.75, 3.05) is 6.61 Å². The van der Waals surface area contributed by atoms with E-state index in [4.69, 9.17) is 13.6 Å². The summed E-state index contributed by atoms with van der Waals surface area (Å²) in [6, 6.07) is 0. The number of hydrogen-bond donors (Lipinski definition) is 0. The Morgan fingerprint density at radius 1 is 1.00 bits per heavy atom. The third-order valence-corrected chi connectivity index (χ3v) is 15.2. The molecule has 0 aromatic rings. The smallest absolute Gasteiger partial charge is 0.193 e. The zero-order valence-corrected chi connectivity index (χ0v) is 20.8. The van der Waals surface area contributed by atoms with E-state index in [-0.39, 0.29) is 28.4 Å². The lowest BCUT2D eigenvalue weighted by Crippen LogP contribution is -2.55. The van der Waals surface area contributed by atoms with Gasteiger partial charge in [-0.1, -0.05) is 59.8 Å². The molecule has 0 bridgehead atoms. The predicted molar refractivity (Wildman–Crippen MR) is 118 cm³/mol. The number of rotatable bonds is 7. The molecule has 0 saturated heterocycles. The van der Waals surface area contributed by atoms with Gasteiger partial charge in [0.15, 0.2) is 16.6 Å². The Morgan fingerprint density at radius 2 is 1.50 bits per heavy atom. The highest BCUT2D eigenvalue weighted by Crippen LogP contribution is 2.41. The summed E-state index contributed by atoms with van der Waals surface area (Å²) in [5.41, 5.74) is 0. The lowest BCUT2D eigenvalue weighted by Gasteiger charge is -2.46. The average Bonchev–Trinajstić information content (AvgIpc) is 2.49. The van der Waals surface area contributed by atoms with Crippen LogP contribution in [0.15, 0.2) is 24.8 Å². The first-order chi connectivity index (χ1) is 11.6. The Balaban J connectivity index is 3.18. The molecule has 152 valence electrons. The summed E-state index contributed by atoms with van der Waals surface area (Å²) < 4.78 is 19.7. The van der Waals surface area contributed by atoms with E-state index in [2.05, 4.69) is 86.5 Å². The van der Waals surface area contributed by atoms with Crippen LogP contribution in [0.25, 0.3) is 0 Å². The SMILES string of the molecule is C=C[C@@H](O[Si](C)(C)C(C)(C)C)[C@@H](O[Si](C)(C)C(C)(C)C)[C@H]1C=CCCO1. The molecule has 0 fully saturated rings. The normalized spacial score (nSPS) is 22.2. The van der Waals surface area contributed by atoms with Crippen molar-refractivity contribution in [3.63, 3.8) is 0 Å². The summed E-state index contributed by atoms with van der Waals surface area (Å²) in [6.07, 6.45) is 6.83. The number of ether oxygens (including phenoxy) is 1. The Kier molecular flexibility index (Phi) is 7.73. The lowest BCUT2D eigenvalue weighted by atomic mass is 10.1. The zero-order chi connectivity index (χ0) is 20.4. The molecule has 0 radical (unpaired) electrons. The van der Waals surface area contributed by atoms with Crippen molar-refractivity contribution < 1.29 is 13.6 Å². The van der Waals surface area contributed by atoms with Gasteiger partial charge in [0.2, 0.25) is 0 Å². The van der Waals surface area contributed by atoms with E-state index < -0.39 is 16.6 Å². The highest BCUT2D eigenvalue weighted by molar-refractivity contribution is 6.74. The minimum absolute atomic E-state index is 0.0781. The van der Waals surface area contributed by atoms with Crippen molar-refractivity contribution in [2.45, 2.75) is 103 Å². The summed E-state index contributed by atoms with van der Waals surface area (Å²) in [5.74, 6) is 0. The van der Waals surface area contributed by atoms with Crippen LogP contribution in [0, 0.1) is 0 Å². The Morgan fingerprint density at radius 3 is 1.88 bits per heavy atom. The molecule has 0 aromatic carbocycles. The minimum atomic E-state index is -1.98.